The Bertz CT molecular complexity index is 332. The first-order valence-electron chi connectivity index (χ1n) is 1.98. The molecule has 0 spiro atoms. The van der Waals surface area contributed by atoms with Crippen LogP contribution in [0.3, 0.4) is 0 Å². The minimum absolute atomic E-state index is 0. The van der Waals surface area contributed by atoms with Crippen LogP contribution >= 0.6 is 0 Å². The van der Waals surface area contributed by atoms with Crippen molar-refractivity contribution < 1.29 is 39.1 Å². The maximum atomic E-state index is 9.95. The van der Waals surface area contributed by atoms with Gasteiger partial charge in [0.05, 0.1) is 0 Å². The second-order valence-corrected chi connectivity index (χ2v) is 3.32. The fourth-order valence-corrected chi connectivity index (χ4v) is 0.641. The van der Waals surface area contributed by atoms with Crippen molar-refractivity contribution in [1.29, 1.82) is 0 Å². The molecule has 0 saturated carbocycles. The Balaban J connectivity index is -0.000000101. The quantitative estimate of drug-likeness (QED) is 0.376. The van der Waals surface area contributed by atoms with Gasteiger partial charge in [0.1, 0.15) is 0 Å². The Kier molecular flexibility index (Phi) is 23.5. The van der Waals surface area contributed by atoms with Crippen molar-refractivity contribution in [2.24, 2.45) is 0 Å². The summed E-state index contributed by atoms with van der Waals surface area (Å²) in [4.78, 5) is 9.95. The molecule has 0 rings (SSSR count). The Morgan fingerprint density at radius 1 is 0.750 bits per heavy atom. The minimum Gasteiger partial charge on any atom is -0.290 e. The lowest BCUT2D eigenvalue weighted by atomic mass is 11.5. The summed E-state index contributed by atoms with van der Waals surface area (Å²) in [6, 6.07) is 0. The highest BCUT2D eigenvalue weighted by Crippen LogP contribution is 1.95. The van der Waals surface area contributed by atoms with Crippen LogP contribution in [-0.4, -0.2) is 124 Å². The molecule has 0 unspecified atom stereocenters. The Hall–Kier alpha value is 2.15. The molecule has 16 heavy (non-hydrogen) atoms. The first-order valence-corrected chi connectivity index (χ1v) is 4.71. The standard InChI is InChI=1S/CH2O9S2.4Mg.8H/c2-1(9-11(3,4)5)10-12(6,7)8;;;;;;;;;;;;/h(H,3,4,5)(H,6,7,8);;;;;;;;;;;;. The SMILES string of the molecule is O=C(OS(=O)(=O)O)OS(=O)(=O)O.[MgH2].[MgH2].[MgH2].[MgH2]. The highest BCUT2D eigenvalue weighted by molar-refractivity contribution is 7.82. The van der Waals surface area contributed by atoms with Crippen molar-refractivity contribution in [3.8, 4) is 0 Å². The van der Waals surface area contributed by atoms with E-state index >= 15 is 0 Å². The molecule has 0 amide bonds. The molecule has 88 valence electrons. The molecule has 0 aromatic heterocycles. The summed E-state index contributed by atoms with van der Waals surface area (Å²) in [6.45, 7) is 0. The zero-order chi connectivity index (χ0) is 9.99. The summed E-state index contributed by atoms with van der Waals surface area (Å²) in [5.41, 5.74) is 0. The summed E-state index contributed by atoms with van der Waals surface area (Å²) in [5, 5.41) is 0. The number of carbonyl (C=O) groups excluding carboxylic acids is 1. The summed E-state index contributed by atoms with van der Waals surface area (Å²) >= 11 is 0. The lowest BCUT2D eigenvalue weighted by molar-refractivity contribution is 0.145. The van der Waals surface area contributed by atoms with E-state index in [1.54, 1.807) is 0 Å². The maximum absolute atomic E-state index is 9.95. The molecule has 0 atom stereocenters. The summed E-state index contributed by atoms with van der Waals surface area (Å²) < 4.78 is 60.1. The highest BCUT2D eigenvalue weighted by Gasteiger charge is 2.20. The molecule has 0 aromatic rings. The van der Waals surface area contributed by atoms with Crippen LogP contribution in [0.25, 0.3) is 0 Å². The Labute approximate surface area is 156 Å². The summed E-state index contributed by atoms with van der Waals surface area (Å²) in [6.07, 6.45) is -2.29. The molecule has 0 aliphatic carbocycles. The molecule has 9 nitrogen and oxygen atoms in total. The summed E-state index contributed by atoms with van der Waals surface area (Å²) in [7, 11) is -10.3. The van der Waals surface area contributed by atoms with Gasteiger partial charge in [0.2, 0.25) is 0 Å². The molecule has 0 aliphatic rings. The minimum atomic E-state index is -5.15. The molecule has 0 aliphatic heterocycles. The Morgan fingerprint density at radius 2 is 0.938 bits per heavy atom. The first kappa shape index (κ1) is 30.9. The lowest BCUT2D eigenvalue weighted by Gasteiger charge is -1.97. The molecule has 0 bridgehead atoms. The van der Waals surface area contributed by atoms with Crippen molar-refractivity contribution in [3.63, 3.8) is 0 Å². The van der Waals surface area contributed by atoms with Gasteiger partial charge < -0.3 is 0 Å². The van der Waals surface area contributed by atoms with E-state index in [1.165, 1.54) is 0 Å². The molecule has 2 N–H and O–H groups in total. The number of hydrogen-bond donors (Lipinski definition) is 2. The van der Waals surface area contributed by atoms with Crippen LogP contribution in [0.5, 0.6) is 0 Å². The van der Waals surface area contributed by atoms with E-state index in [4.69, 9.17) is 9.11 Å². The van der Waals surface area contributed by atoms with Crippen molar-refractivity contribution in [2.45, 2.75) is 0 Å². The smallest absolute Gasteiger partial charge is 0.290 e. The molecule has 0 saturated heterocycles. The number of hydrogen-bond acceptors (Lipinski definition) is 7. The van der Waals surface area contributed by atoms with Crippen molar-refractivity contribution >= 4 is 119 Å². The van der Waals surface area contributed by atoms with E-state index in [-0.39, 0.29) is 92.2 Å². The van der Waals surface area contributed by atoms with Crippen molar-refractivity contribution in [2.75, 3.05) is 0 Å². The first-order chi connectivity index (χ1) is 5.10. The van der Waals surface area contributed by atoms with Crippen LogP contribution in [0.1, 0.15) is 0 Å². The van der Waals surface area contributed by atoms with E-state index in [0.29, 0.717) is 0 Å². The fraction of sp³-hybridized carbons (Fsp3) is 0. The van der Waals surface area contributed by atoms with Crippen LogP contribution in [0, 0.1) is 0 Å². The average molecular weight is 327 g/mol. The van der Waals surface area contributed by atoms with Gasteiger partial charge in [0.15, 0.2) is 0 Å². The average Bonchev–Trinajstić information content (AvgIpc) is 1.49. The van der Waals surface area contributed by atoms with Gasteiger partial charge in [-0.1, -0.05) is 0 Å². The van der Waals surface area contributed by atoms with Crippen LogP contribution < -0.4 is 0 Å². The normalized spacial score (nSPS) is 9.12. The van der Waals surface area contributed by atoms with Crippen LogP contribution in [0.4, 0.5) is 4.79 Å². The monoisotopic (exact) mass is 326 g/mol. The second kappa shape index (κ2) is 12.2. The topological polar surface area (TPSA) is 144 Å². The third-order valence-corrected chi connectivity index (χ3v) is 1.04. The maximum Gasteiger partial charge on any atom is 0.543 e. The zero-order valence-corrected chi connectivity index (χ0v) is 6.70. The van der Waals surface area contributed by atoms with Gasteiger partial charge in [-0.15, -0.1) is 0 Å². The van der Waals surface area contributed by atoms with Gasteiger partial charge in [0.25, 0.3) is 0 Å². The molecule has 0 aromatic carbocycles. The largest absolute Gasteiger partial charge is 0.543 e. The van der Waals surface area contributed by atoms with Crippen LogP contribution in [0.15, 0.2) is 0 Å². The molecule has 0 fully saturated rings. The van der Waals surface area contributed by atoms with E-state index in [9.17, 15) is 21.6 Å². The van der Waals surface area contributed by atoms with Gasteiger partial charge >= 0.3 is 119 Å². The van der Waals surface area contributed by atoms with Gasteiger partial charge in [-0.25, -0.2) is 4.79 Å². The van der Waals surface area contributed by atoms with E-state index < -0.39 is 27.0 Å². The van der Waals surface area contributed by atoms with Crippen LogP contribution in [-0.2, 0) is 29.2 Å². The Morgan fingerprint density at radius 3 is 1.06 bits per heavy atom. The third-order valence-electron chi connectivity index (χ3n) is 0.347. The zero-order valence-electron chi connectivity index (χ0n) is 5.07. The van der Waals surface area contributed by atoms with Crippen LogP contribution in [0.2, 0.25) is 0 Å². The number of rotatable bonds is 2. The molecule has 0 radical (unpaired) electrons. The van der Waals surface area contributed by atoms with Gasteiger partial charge in [-0.3, -0.25) is 17.5 Å². The molecule has 15 heteroatoms. The van der Waals surface area contributed by atoms with E-state index in [2.05, 4.69) is 8.37 Å². The van der Waals surface area contributed by atoms with E-state index in [0.717, 1.165) is 0 Å². The van der Waals surface area contributed by atoms with Gasteiger partial charge in [-0.2, -0.15) is 16.8 Å². The van der Waals surface area contributed by atoms with Crippen molar-refractivity contribution in [1.82, 2.24) is 0 Å². The molecular weight excluding hydrogens is 317 g/mol. The number of carbonyl (C=O) groups is 1. The molecular formula is CH10Mg4O9S2. The highest BCUT2D eigenvalue weighted by atomic mass is 32.3. The predicted octanol–water partition coefficient (Wildman–Crippen LogP) is -4.92. The molecule has 0 heterocycles. The van der Waals surface area contributed by atoms with E-state index in [1.807, 2.05) is 0 Å². The predicted molar refractivity (Wildman–Crippen MR) is 64.8 cm³/mol. The third kappa shape index (κ3) is 25.1. The van der Waals surface area contributed by atoms with Crippen molar-refractivity contribution in [3.05, 3.63) is 0 Å². The summed E-state index contributed by atoms with van der Waals surface area (Å²) in [5.74, 6) is 0. The fourth-order valence-electron chi connectivity index (χ4n) is 0.186. The second-order valence-electron chi connectivity index (χ2n) is 1.27. The van der Waals surface area contributed by atoms with Gasteiger partial charge in [0, 0.05) is 0 Å². The van der Waals surface area contributed by atoms with Gasteiger partial charge in [-0.05, 0) is 0 Å². The lowest BCUT2D eigenvalue weighted by Crippen LogP contribution is -2.16.